The Bertz CT molecular complexity index is 793. The molecule has 3 rings (SSSR count). The van der Waals surface area contributed by atoms with Crippen LogP contribution >= 0.6 is 0 Å². The first-order valence-corrected chi connectivity index (χ1v) is 8.15. The van der Waals surface area contributed by atoms with E-state index in [1.54, 1.807) is 41.6 Å². The maximum absolute atomic E-state index is 13.8. The van der Waals surface area contributed by atoms with Gasteiger partial charge in [-0.2, -0.15) is 0 Å². The van der Waals surface area contributed by atoms with Crippen LogP contribution in [-0.2, 0) is 0 Å². The SMILES string of the molecule is CC1CN(C(=O)Nc2cccnc2)CC/C1=C\c1cccc(F)c1F. The molecule has 2 heterocycles. The third kappa shape index (κ3) is 4.02. The van der Waals surface area contributed by atoms with Gasteiger partial charge in [-0.3, -0.25) is 4.98 Å². The van der Waals surface area contributed by atoms with Crippen molar-refractivity contribution in [2.75, 3.05) is 18.4 Å². The Labute approximate surface area is 145 Å². The normalized spacial score (nSPS) is 19.1. The Hall–Kier alpha value is -2.76. The zero-order valence-corrected chi connectivity index (χ0v) is 13.9. The first kappa shape index (κ1) is 17.1. The summed E-state index contributed by atoms with van der Waals surface area (Å²) in [5.41, 5.74) is 1.90. The molecule has 1 N–H and O–H groups in total. The number of urea groups is 1. The molecule has 130 valence electrons. The van der Waals surface area contributed by atoms with Crippen LogP contribution in [0.15, 0.2) is 48.3 Å². The van der Waals surface area contributed by atoms with Crippen molar-refractivity contribution in [1.29, 1.82) is 0 Å². The van der Waals surface area contributed by atoms with Gasteiger partial charge in [-0.25, -0.2) is 13.6 Å². The van der Waals surface area contributed by atoms with Crippen molar-refractivity contribution in [2.24, 2.45) is 5.92 Å². The topological polar surface area (TPSA) is 45.2 Å². The fourth-order valence-corrected chi connectivity index (χ4v) is 2.92. The molecule has 2 amide bonds. The summed E-state index contributed by atoms with van der Waals surface area (Å²) in [6, 6.07) is 7.49. The van der Waals surface area contributed by atoms with E-state index in [9.17, 15) is 13.6 Å². The van der Waals surface area contributed by atoms with Crippen LogP contribution in [0.25, 0.3) is 6.08 Å². The van der Waals surface area contributed by atoms with Crippen LogP contribution < -0.4 is 5.32 Å². The number of carbonyl (C=O) groups is 1. The summed E-state index contributed by atoms with van der Waals surface area (Å²) < 4.78 is 27.2. The summed E-state index contributed by atoms with van der Waals surface area (Å²) in [6.45, 7) is 3.03. The van der Waals surface area contributed by atoms with Gasteiger partial charge in [0.05, 0.1) is 11.9 Å². The quantitative estimate of drug-likeness (QED) is 0.883. The smallest absolute Gasteiger partial charge is 0.321 e. The Morgan fingerprint density at radius 3 is 2.88 bits per heavy atom. The molecule has 0 spiro atoms. The molecule has 1 saturated heterocycles. The fourth-order valence-electron chi connectivity index (χ4n) is 2.92. The number of rotatable bonds is 2. The highest BCUT2D eigenvalue weighted by molar-refractivity contribution is 5.89. The third-order valence-corrected chi connectivity index (χ3v) is 4.32. The molecule has 0 aliphatic carbocycles. The van der Waals surface area contributed by atoms with E-state index < -0.39 is 11.6 Å². The fraction of sp³-hybridized carbons (Fsp3) is 0.263. The number of nitrogens with zero attached hydrogens (tertiary/aromatic N) is 2. The molecule has 1 aliphatic heterocycles. The largest absolute Gasteiger partial charge is 0.324 e. The zero-order valence-electron chi connectivity index (χ0n) is 13.9. The summed E-state index contributed by atoms with van der Waals surface area (Å²) in [5.74, 6) is -1.62. The lowest BCUT2D eigenvalue weighted by Gasteiger charge is -2.33. The molecule has 1 fully saturated rings. The molecule has 1 aromatic heterocycles. The van der Waals surface area contributed by atoms with Gasteiger partial charge < -0.3 is 10.2 Å². The van der Waals surface area contributed by atoms with Crippen LogP contribution in [0.3, 0.4) is 0 Å². The van der Waals surface area contributed by atoms with E-state index in [0.717, 1.165) is 11.6 Å². The van der Waals surface area contributed by atoms with Crippen LogP contribution in [0.2, 0.25) is 0 Å². The second kappa shape index (κ2) is 7.42. The first-order valence-electron chi connectivity index (χ1n) is 8.15. The molecule has 0 radical (unpaired) electrons. The highest BCUT2D eigenvalue weighted by Crippen LogP contribution is 2.26. The Kier molecular flexibility index (Phi) is 5.07. The van der Waals surface area contributed by atoms with Crippen molar-refractivity contribution in [3.63, 3.8) is 0 Å². The van der Waals surface area contributed by atoms with Gasteiger partial charge in [0.15, 0.2) is 11.6 Å². The maximum Gasteiger partial charge on any atom is 0.321 e. The summed E-state index contributed by atoms with van der Waals surface area (Å²) in [4.78, 5) is 18.0. The molecule has 0 saturated carbocycles. The van der Waals surface area contributed by atoms with E-state index >= 15 is 0 Å². The van der Waals surface area contributed by atoms with E-state index in [1.165, 1.54) is 6.07 Å². The third-order valence-electron chi connectivity index (χ3n) is 4.32. The first-order chi connectivity index (χ1) is 12.0. The lowest BCUT2D eigenvalue weighted by molar-refractivity contribution is 0.198. The molecule has 4 nitrogen and oxygen atoms in total. The average molecular weight is 343 g/mol. The van der Waals surface area contributed by atoms with Gasteiger partial charge in [0, 0.05) is 24.8 Å². The number of nitrogens with one attached hydrogen (secondary N) is 1. The standard InChI is InChI=1S/C19H19F2N3O/c1-13-12-24(19(25)23-16-5-3-8-22-11-16)9-7-14(13)10-15-4-2-6-17(20)18(15)21/h2-6,8,10-11,13H,7,9,12H2,1H3,(H,23,25)/b14-10+. The highest BCUT2D eigenvalue weighted by Gasteiger charge is 2.24. The van der Waals surface area contributed by atoms with Crippen LogP contribution in [-0.4, -0.2) is 29.0 Å². The number of anilines is 1. The number of hydrogen-bond donors (Lipinski definition) is 1. The monoisotopic (exact) mass is 343 g/mol. The molecule has 1 atom stereocenters. The Balaban J connectivity index is 1.67. The number of aromatic nitrogens is 1. The molecule has 2 aromatic rings. The van der Waals surface area contributed by atoms with Gasteiger partial charge in [0.25, 0.3) is 0 Å². The molecule has 1 aromatic carbocycles. The van der Waals surface area contributed by atoms with E-state index in [-0.39, 0.29) is 17.5 Å². The van der Waals surface area contributed by atoms with E-state index in [4.69, 9.17) is 0 Å². The number of carbonyl (C=O) groups excluding carboxylic acids is 1. The summed E-state index contributed by atoms with van der Waals surface area (Å²) in [6.07, 6.45) is 5.54. The van der Waals surface area contributed by atoms with Crippen LogP contribution in [0.1, 0.15) is 18.9 Å². The number of halogens is 2. The second-order valence-corrected chi connectivity index (χ2v) is 6.13. The number of piperidine rings is 1. The molecule has 25 heavy (non-hydrogen) atoms. The minimum atomic E-state index is -0.852. The Morgan fingerprint density at radius 1 is 1.32 bits per heavy atom. The van der Waals surface area contributed by atoms with Gasteiger partial charge in [-0.15, -0.1) is 0 Å². The number of amides is 2. The molecule has 1 aliphatic rings. The van der Waals surface area contributed by atoms with E-state index in [1.807, 2.05) is 6.92 Å². The van der Waals surface area contributed by atoms with Gasteiger partial charge in [-0.05, 0) is 30.5 Å². The number of pyridine rings is 1. The van der Waals surface area contributed by atoms with Crippen molar-refractivity contribution in [3.05, 3.63) is 65.5 Å². The van der Waals surface area contributed by atoms with Crippen molar-refractivity contribution < 1.29 is 13.6 Å². The lowest BCUT2D eigenvalue weighted by atomic mass is 9.91. The van der Waals surface area contributed by atoms with Crippen molar-refractivity contribution in [3.8, 4) is 0 Å². The predicted molar refractivity (Wildman–Crippen MR) is 92.9 cm³/mol. The van der Waals surface area contributed by atoms with Crippen LogP contribution in [0.4, 0.5) is 19.3 Å². The molecular weight excluding hydrogens is 324 g/mol. The summed E-state index contributed by atoms with van der Waals surface area (Å²) >= 11 is 0. The minimum Gasteiger partial charge on any atom is -0.324 e. The van der Waals surface area contributed by atoms with Crippen molar-refractivity contribution in [1.82, 2.24) is 9.88 Å². The van der Waals surface area contributed by atoms with Crippen LogP contribution in [0.5, 0.6) is 0 Å². The number of benzene rings is 1. The van der Waals surface area contributed by atoms with E-state index in [2.05, 4.69) is 10.3 Å². The number of hydrogen-bond acceptors (Lipinski definition) is 2. The summed E-state index contributed by atoms with van der Waals surface area (Å²) in [5, 5.41) is 2.81. The molecule has 6 heteroatoms. The predicted octanol–water partition coefficient (Wildman–Crippen LogP) is 4.32. The average Bonchev–Trinajstić information content (AvgIpc) is 2.61. The van der Waals surface area contributed by atoms with Gasteiger partial charge in [0.1, 0.15) is 0 Å². The molecular formula is C19H19F2N3O. The van der Waals surface area contributed by atoms with Crippen molar-refractivity contribution in [2.45, 2.75) is 13.3 Å². The van der Waals surface area contributed by atoms with E-state index in [0.29, 0.717) is 25.2 Å². The Morgan fingerprint density at radius 2 is 2.16 bits per heavy atom. The second-order valence-electron chi connectivity index (χ2n) is 6.13. The van der Waals surface area contributed by atoms with Gasteiger partial charge in [0.2, 0.25) is 0 Å². The minimum absolute atomic E-state index is 0.0658. The van der Waals surface area contributed by atoms with Gasteiger partial charge >= 0.3 is 6.03 Å². The van der Waals surface area contributed by atoms with Gasteiger partial charge in [-0.1, -0.05) is 30.7 Å². The van der Waals surface area contributed by atoms with Crippen molar-refractivity contribution >= 4 is 17.8 Å². The summed E-state index contributed by atoms with van der Waals surface area (Å²) in [7, 11) is 0. The number of likely N-dealkylation sites (tertiary alicyclic amines) is 1. The maximum atomic E-state index is 13.8. The zero-order chi connectivity index (χ0) is 17.8. The highest BCUT2D eigenvalue weighted by atomic mass is 19.2. The van der Waals surface area contributed by atoms with Crippen LogP contribution in [0, 0.1) is 17.6 Å². The molecule has 1 unspecified atom stereocenters. The molecule has 0 bridgehead atoms. The lowest BCUT2D eigenvalue weighted by Crippen LogP contribution is -2.42.